The molecule has 0 aromatic carbocycles. The number of hydrogen-bond donors (Lipinski definition) is 1. The molecule has 2 heterocycles. The number of aliphatic hydroxyl groups excluding tert-OH is 1. The zero-order chi connectivity index (χ0) is 9.97. The van der Waals surface area contributed by atoms with E-state index in [4.69, 9.17) is 0 Å². The molecule has 1 aliphatic heterocycles. The Balaban J connectivity index is 2.09. The molecule has 2 atom stereocenters. The molecule has 3 heteroatoms. The molecule has 78 valence electrons. The Morgan fingerprint density at radius 1 is 1.64 bits per heavy atom. The highest BCUT2D eigenvalue weighted by molar-refractivity contribution is 7.10. The first kappa shape index (κ1) is 10.1. The summed E-state index contributed by atoms with van der Waals surface area (Å²) in [6.07, 6.45) is 2.24. The Hall–Kier alpha value is -0.380. The Kier molecular flexibility index (Phi) is 3.21. The van der Waals surface area contributed by atoms with Crippen LogP contribution >= 0.6 is 11.3 Å². The summed E-state index contributed by atoms with van der Waals surface area (Å²) in [5.74, 6) is 0.498. The van der Waals surface area contributed by atoms with Gasteiger partial charge in [0, 0.05) is 17.5 Å². The molecule has 0 spiro atoms. The third-order valence-electron chi connectivity index (χ3n) is 3.11. The Morgan fingerprint density at radius 3 is 3.14 bits per heavy atom. The number of aliphatic hydroxyl groups is 1. The van der Waals surface area contributed by atoms with Crippen LogP contribution < -0.4 is 0 Å². The summed E-state index contributed by atoms with van der Waals surface area (Å²) in [7, 11) is 2.18. The standard InChI is InChI=1S/C11H17NOS/c1-12-5-4-9(8-13)7-10(12)11-3-2-6-14-11/h2-3,6,9-10,13H,4-5,7-8H2,1H3/t9-,10-/m1/s1. The molecule has 1 aliphatic rings. The van der Waals surface area contributed by atoms with Crippen molar-refractivity contribution >= 4 is 11.3 Å². The summed E-state index contributed by atoms with van der Waals surface area (Å²) in [6, 6.07) is 4.84. The average molecular weight is 211 g/mol. The van der Waals surface area contributed by atoms with E-state index >= 15 is 0 Å². The van der Waals surface area contributed by atoms with Crippen LogP contribution in [0.3, 0.4) is 0 Å². The predicted octanol–water partition coefficient (Wildman–Crippen LogP) is 2.12. The lowest BCUT2D eigenvalue weighted by Gasteiger charge is -2.35. The maximum absolute atomic E-state index is 9.18. The van der Waals surface area contributed by atoms with Gasteiger partial charge in [0.1, 0.15) is 0 Å². The number of thiophene rings is 1. The van der Waals surface area contributed by atoms with Gasteiger partial charge in [0.05, 0.1) is 0 Å². The molecule has 0 unspecified atom stereocenters. The van der Waals surface area contributed by atoms with Crippen LogP contribution in [0.2, 0.25) is 0 Å². The van der Waals surface area contributed by atoms with Gasteiger partial charge in [-0.05, 0) is 43.8 Å². The van der Waals surface area contributed by atoms with Gasteiger partial charge in [-0.15, -0.1) is 11.3 Å². The van der Waals surface area contributed by atoms with E-state index in [-0.39, 0.29) is 0 Å². The zero-order valence-electron chi connectivity index (χ0n) is 8.52. The van der Waals surface area contributed by atoms with E-state index in [2.05, 4.69) is 29.5 Å². The third kappa shape index (κ3) is 2.00. The number of nitrogens with zero attached hydrogens (tertiary/aromatic N) is 1. The minimum absolute atomic E-state index is 0.343. The van der Waals surface area contributed by atoms with Crippen LogP contribution in [0.4, 0.5) is 0 Å². The highest BCUT2D eigenvalue weighted by atomic mass is 32.1. The highest BCUT2D eigenvalue weighted by Crippen LogP contribution is 2.34. The van der Waals surface area contributed by atoms with Crippen molar-refractivity contribution in [3.8, 4) is 0 Å². The smallest absolute Gasteiger partial charge is 0.0460 e. The molecule has 2 nitrogen and oxygen atoms in total. The van der Waals surface area contributed by atoms with Crippen LogP contribution in [-0.2, 0) is 0 Å². The molecule has 0 saturated carbocycles. The fourth-order valence-electron chi connectivity index (χ4n) is 2.14. The second kappa shape index (κ2) is 4.43. The number of hydrogen-bond acceptors (Lipinski definition) is 3. The molecular weight excluding hydrogens is 194 g/mol. The topological polar surface area (TPSA) is 23.5 Å². The summed E-state index contributed by atoms with van der Waals surface area (Å²) < 4.78 is 0. The van der Waals surface area contributed by atoms with Crippen LogP contribution in [0.5, 0.6) is 0 Å². The minimum Gasteiger partial charge on any atom is -0.396 e. The van der Waals surface area contributed by atoms with E-state index in [0.29, 0.717) is 18.6 Å². The molecular formula is C11H17NOS. The van der Waals surface area contributed by atoms with Crippen molar-refractivity contribution in [1.29, 1.82) is 0 Å². The van der Waals surface area contributed by atoms with Crippen molar-refractivity contribution < 1.29 is 5.11 Å². The lowest BCUT2D eigenvalue weighted by atomic mass is 9.91. The van der Waals surface area contributed by atoms with Crippen molar-refractivity contribution in [2.45, 2.75) is 18.9 Å². The largest absolute Gasteiger partial charge is 0.396 e. The summed E-state index contributed by atoms with van der Waals surface area (Å²) in [4.78, 5) is 3.84. The van der Waals surface area contributed by atoms with Gasteiger partial charge in [-0.1, -0.05) is 6.07 Å². The summed E-state index contributed by atoms with van der Waals surface area (Å²) >= 11 is 1.82. The normalized spacial score (nSPS) is 29.3. The summed E-state index contributed by atoms with van der Waals surface area (Å²) in [5.41, 5.74) is 0. The van der Waals surface area contributed by atoms with Crippen LogP contribution in [0.1, 0.15) is 23.8 Å². The Morgan fingerprint density at radius 2 is 2.50 bits per heavy atom. The van der Waals surface area contributed by atoms with E-state index in [1.165, 1.54) is 4.88 Å². The fraction of sp³-hybridized carbons (Fsp3) is 0.636. The Labute approximate surface area is 89.2 Å². The van der Waals surface area contributed by atoms with Gasteiger partial charge < -0.3 is 5.11 Å². The Bertz CT molecular complexity index is 273. The summed E-state index contributed by atoms with van der Waals surface area (Å²) in [5, 5.41) is 11.3. The molecule has 0 amide bonds. The summed E-state index contributed by atoms with van der Waals surface area (Å²) in [6.45, 7) is 1.45. The predicted molar refractivity (Wildman–Crippen MR) is 59.5 cm³/mol. The molecule has 0 bridgehead atoms. The number of likely N-dealkylation sites (tertiary alicyclic amines) is 1. The first-order valence-electron chi connectivity index (χ1n) is 5.15. The lowest BCUT2D eigenvalue weighted by molar-refractivity contribution is 0.102. The molecule has 1 N–H and O–H groups in total. The van der Waals surface area contributed by atoms with Crippen LogP contribution in [0.15, 0.2) is 17.5 Å². The molecule has 1 saturated heterocycles. The molecule has 2 rings (SSSR count). The van der Waals surface area contributed by atoms with Gasteiger partial charge in [-0.2, -0.15) is 0 Å². The molecule has 0 radical (unpaired) electrons. The lowest BCUT2D eigenvalue weighted by Crippen LogP contribution is -2.34. The highest BCUT2D eigenvalue weighted by Gasteiger charge is 2.27. The monoisotopic (exact) mass is 211 g/mol. The van der Waals surface area contributed by atoms with E-state index in [1.54, 1.807) is 0 Å². The van der Waals surface area contributed by atoms with Crippen LogP contribution in [0, 0.1) is 5.92 Å². The van der Waals surface area contributed by atoms with Crippen molar-refractivity contribution in [1.82, 2.24) is 4.90 Å². The van der Waals surface area contributed by atoms with Crippen molar-refractivity contribution in [2.24, 2.45) is 5.92 Å². The quantitative estimate of drug-likeness (QED) is 0.810. The van der Waals surface area contributed by atoms with Crippen molar-refractivity contribution in [3.05, 3.63) is 22.4 Å². The SMILES string of the molecule is CN1CC[C@@H](CO)C[C@@H]1c1cccs1. The van der Waals surface area contributed by atoms with Gasteiger partial charge >= 0.3 is 0 Å². The first-order valence-corrected chi connectivity index (χ1v) is 6.03. The average Bonchev–Trinajstić information content (AvgIpc) is 2.71. The minimum atomic E-state index is 0.343. The maximum Gasteiger partial charge on any atom is 0.0460 e. The van der Waals surface area contributed by atoms with Crippen molar-refractivity contribution in [3.63, 3.8) is 0 Å². The van der Waals surface area contributed by atoms with Crippen LogP contribution in [0.25, 0.3) is 0 Å². The van der Waals surface area contributed by atoms with E-state index in [1.807, 2.05) is 11.3 Å². The van der Waals surface area contributed by atoms with Crippen LogP contribution in [-0.4, -0.2) is 30.2 Å². The van der Waals surface area contributed by atoms with Crippen molar-refractivity contribution in [2.75, 3.05) is 20.2 Å². The molecule has 0 aliphatic carbocycles. The second-order valence-corrected chi connectivity index (χ2v) is 5.06. The third-order valence-corrected chi connectivity index (χ3v) is 4.08. The molecule has 1 aromatic rings. The maximum atomic E-state index is 9.18. The van der Waals surface area contributed by atoms with E-state index in [0.717, 1.165) is 19.4 Å². The van der Waals surface area contributed by atoms with Gasteiger partial charge in [-0.3, -0.25) is 4.90 Å². The number of piperidine rings is 1. The van der Waals surface area contributed by atoms with E-state index < -0.39 is 0 Å². The molecule has 14 heavy (non-hydrogen) atoms. The molecule has 1 aromatic heterocycles. The number of rotatable bonds is 2. The van der Waals surface area contributed by atoms with Gasteiger partial charge in [0.2, 0.25) is 0 Å². The van der Waals surface area contributed by atoms with Gasteiger partial charge in [0.15, 0.2) is 0 Å². The first-order chi connectivity index (χ1) is 6.81. The molecule has 1 fully saturated rings. The zero-order valence-corrected chi connectivity index (χ0v) is 9.33. The fourth-order valence-corrected chi connectivity index (χ4v) is 3.04. The van der Waals surface area contributed by atoms with E-state index in [9.17, 15) is 5.11 Å². The second-order valence-electron chi connectivity index (χ2n) is 4.08. The van der Waals surface area contributed by atoms with Gasteiger partial charge in [-0.25, -0.2) is 0 Å². The van der Waals surface area contributed by atoms with Gasteiger partial charge in [0.25, 0.3) is 0 Å².